The molecule has 0 aliphatic carbocycles. The highest BCUT2D eigenvalue weighted by Crippen LogP contribution is 2.25. The standard InChI is InChI=1S/C61H94N14O18/c1-33(66-52(83)41(65)10-3-6-22-62)51(82)67-42(11-4-7-23-63)58(89)73-25-9-13-47(73)54(85)71-46(32-76)53(84)69-44(26-35-14-18-37(78)19-15-35)59(90)75-31-40(81)29-49(75)56(87)72-50(34(2)77)57(88)70-45(27-36-16-20-38(79)21-17-36)60(91)74-30-39(80)28-48(74)55(86)68-43(61(92)93)12-5-8-24-64/h14-21,33-34,39-50,76-81H,3-13,22-32,62-65H2,1-2H3,(H,66,83)(H,67,82)(H,68,86)(H,69,84)(H,70,88)(H,71,85)(H,72,87)(H,92,93)/t33-,34+,39+,40+,41-,42-,43-,44-,45-,46-,47-,48-,49-,50-/m0/s1. The molecule has 0 unspecified atom stereocenters. The van der Waals surface area contributed by atoms with E-state index in [1.807, 2.05) is 0 Å². The van der Waals surface area contributed by atoms with Crippen LogP contribution in [0, 0.1) is 0 Å². The van der Waals surface area contributed by atoms with Crippen LogP contribution in [0.1, 0.15) is 108 Å². The lowest BCUT2D eigenvalue weighted by Gasteiger charge is -2.32. The Hall–Kier alpha value is -8.11. The molecule has 22 N–H and O–H groups in total. The first-order valence-electron chi connectivity index (χ1n) is 31.6. The number of carboxylic acid groups (broad SMARTS) is 1. The van der Waals surface area contributed by atoms with Gasteiger partial charge in [0.15, 0.2) is 0 Å². The van der Waals surface area contributed by atoms with Crippen LogP contribution in [0.25, 0.3) is 0 Å². The molecule has 3 aliphatic heterocycles. The van der Waals surface area contributed by atoms with Crippen molar-refractivity contribution in [2.45, 2.75) is 195 Å². The van der Waals surface area contributed by atoms with Gasteiger partial charge in [-0.3, -0.25) is 47.9 Å². The molecule has 3 fully saturated rings. The van der Waals surface area contributed by atoms with E-state index in [1.54, 1.807) is 0 Å². The number of benzene rings is 2. The van der Waals surface area contributed by atoms with Crippen LogP contribution >= 0.6 is 0 Å². The zero-order valence-electron chi connectivity index (χ0n) is 52.5. The molecule has 3 aliphatic rings. The van der Waals surface area contributed by atoms with Gasteiger partial charge >= 0.3 is 5.97 Å². The second-order valence-corrected chi connectivity index (χ2v) is 24.0. The van der Waals surface area contributed by atoms with Crippen LogP contribution in [0.15, 0.2) is 48.5 Å². The fourth-order valence-electron chi connectivity index (χ4n) is 11.4. The number of aromatic hydroxyl groups is 2. The Morgan fingerprint density at radius 2 is 0.946 bits per heavy atom. The van der Waals surface area contributed by atoms with Gasteiger partial charge in [-0.1, -0.05) is 30.7 Å². The number of hydrogen-bond acceptors (Lipinski definition) is 21. The van der Waals surface area contributed by atoms with Gasteiger partial charge in [-0.05, 0) is 133 Å². The lowest BCUT2D eigenvalue weighted by atomic mass is 10.0. The molecule has 0 spiro atoms. The van der Waals surface area contributed by atoms with Crippen molar-refractivity contribution in [2.75, 3.05) is 45.9 Å². The number of aliphatic hydroxyl groups is 4. The lowest BCUT2D eigenvalue weighted by Crippen LogP contribution is -2.62. The van der Waals surface area contributed by atoms with E-state index in [0.717, 1.165) is 16.7 Å². The summed E-state index contributed by atoms with van der Waals surface area (Å²) >= 11 is 0. The van der Waals surface area contributed by atoms with Crippen molar-refractivity contribution >= 4 is 65.0 Å². The lowest BCUT2D eigenvalue weighted by molar-refractivity contribution is -0.145. The summed E-state index contributed by atoms with van der Waals surface area (Å²) in [7, 11) is 0. The largest absolute Gasteiger partial charge is 0.508 e. The van der Waals surface area contributed by atoms with E-state index in [2.05, 4.69) is 37.2 Å². The van der Waals surface area contributed by atoms with E-state index in [9.17, 15) is 88.5 Å². The van der Waals surface area contributed by atoms with Crippen molar-refractivity contribution in [2.24, 2.45) is 22.9 Å². The van der Waals surface area contributed by atoms with Crippen molar-refractivity contribution in [3.63, 3.8) is 0 Å². The van der Waals surface area contributed by atoms with Crippen molar-refractivity contribution in [1.82, 2.24) is 51.9 Å². The summed E-state index contributed by atoms with van der Waals surface area (Å²) in [5.41, 5.74) is 23.6. The minimum absolute atomic E-state index is 0.0133. The Morgan fingerprint density at radius 1 is 0.516 bits per heavy atom. The number of aliphatic carboxylic acids is 1. The van der Waals surface area contributed by atoms with Crippen LogP contribution < -0.4 is 60.2 Å². The molecule has 516 valence electrons. The van der Waals surface area contributed by atoms with Crippen molar-refractivity contribution in [1.29, 1.82) is 0 Å². The maximum atomic E-state index is 14.9. The fourth-order valence-corrected chi connectivity index (χ4v) is 11.4. The van der Waals surface area contributed by atoms with Gasteiger partial charge in [-0.25, -0.2) is 4.79 Å². The molecule has 0 radical (unpaired) electrons. The molecule has 32 nitrogen and oxygen atoms in total. The number of amides is 10. The number of unbranched alkanes of at least 4 members (excludes halogenated alkanes) is 3. The van der Waals surface area contributed by atoms with Crippen molar-refractivity contribution < 1.29 is 88.5 Å². The summed E-state index contributed by atoms with van der Waals surface area (Å²) in [5.74, 6) is -10.6. The Morgan fingerprint density at radius 3 is 1.42 bits per heavy atom. The van der Waals surface area contributed by atoms with E-state index < -0.39 is 176 Å². The molecule has 2 aromatic rings. The number of carboxylic acids is 1. The average molecular weight is 1310 g/mol. The second-order valence-electron chi connectivity index (χ2n) is 24.0. The molecule has 3 heterocycles. The Bertz CT molecular complexity index is 2870. The van der Waals surface area contributed by atoms with Crippen LogP contribution in [-0.4, -0.2) is 246 Å². The van der Waals surface area contributed by atoms with Gasteiger partial charge in [-0.2, -0.15) is 0 Å². The summed E-state index contributed by atoms with van der Waals surface area (Å²) in [4.78, 5) is 156. The van der Waals surface area contributed by atoms with E-state index in [0.29, 0.717) is 69.0 Å². The Labute approximate surface area is 538 Å². The molecule has 93 heavy (non-hydrogen) atoms. The first kappa shape index (κ1) is 75.6. The number of carbonyl (C=O) groups excluding carboxylic acids is 10. The Kier molecular flexibility index (Phi) is 30.0. The number of rotatable bonds is 36. The number of hydrogen-bond donors (Lipinski definition) is 18. The number of nitrogens with zero attached hydrogens (tertiary/aromatic N) is 3. The highest BCUT2D eigenvalue weighted by molar-refractivity contribution is 5.99. The molecule has 0 aromatic heterocycles. The zero-order chi connectivity index (χ0) is 68.6. The SMILES string of the molecule is C[C@H](NC(=O)[C@@H](N)CCCCN)C(=O)N[C@@H](CCCCN)C(=O)N1CCC[C@H]1C(=O)N[C@@H](CO)C(=O)N[C@@H](Cc1ccc(O)cc1)C(=O)N1C[C@H](O)C[C@H]1C(=O)N[C@H](C(=O)N[C@@H](Cc1ccc(O)cc1)C(=O)N1C[C@H](O)C[C@H]1C(=O)N[C@@H](CCCCN)C(=O)O)[C@@H](C)O. The third kappa shape index (κ3) is 22.3. The van der Waals surface area contributed by atoms with E-state index >= 15 is 0 Å². The van der Waals surface area contributed by atoms with Crippen LogP contribution in [0.5, 0.6) is 11.5 Å². The van der Waals surface area contributed by atoms with Gasteiger partial charge in [0.1, 0.15) is 71.9 Å². The van der Waals surface area contributed by atoms with Gasteiger partial charge in [0.05, 0.1) is 31.0 Å². The maximum Gasteiger partial charge on any atom is 0.326 e. The number of aliphatic hydroxyl groups excluding tert-OH is 4. The third-order valence-corrected chi connectivity index (χ3v) is 16.6. The topological polar surface area (TPSA) is 527 Å². The highest BCUT2D eigenvalue weighted by atomic mass is 16.4. The van der Waals surface area contributed by atoms with Crippen molar-refractivity contribution in [3.8, 4) is 11.5 Å². The van der Waals surface area contributed by atoms with Crippen LogP contribution in [0.3, 0.4) is 0 Å². The normalized spacial score (nSPS) is 20.8. The van der Waals surface area contributed by atoms with Crippen molar-refractivity contribution in [3.05, 3.63) is 59.7 Å². The molecule has 0 bridgehead atoms. The summed E-state index contributed by atoms with van der Waals surface area (Å²) in [5, 5.41) is 91.1. The van der Waals surface area contributed by atoms with E-state index in [4.69, 9.17) is 22.9 Å². The first-order valence-corrected chi connectivity index (χ1v) is 31.6. The highest BCUT2D eigenvalue weighted by Gasteiger charge is 2.46. The minimum Gasteiger partial charge on any atom is -0.508 e. The fraction of sp³-hybridized carbons (Fsp3) is 0.623. The third-order valence-electron chi connectivity index (χ3n) is 16.6. The van der Waals surface area contributed by atoms with E-state index in [-0.39, 0.29) is 69.7 Å². The van der Waals surface area contributed by atoms with Gasteiger partial charge in [-0.15, -0.1) is 0 Å². The van der Waals surface area contributed by atoms with Gasteiger partial charge in [0.25, 0.3) is 0 Å². The molecule has 14 atom stereocenters. The molecule has 32 heteroatoms. The second kappa shape index (κ2) is 37.0. The average Bonchev–Trinajstić information content (AvgIpc) is 1.75. The number of phenols is 2. The molecule has 10 amide bonds. The molecular formula is C61H94N14O18. The molecule has 2 aromatic carbocycles. The predicted octanol–water partition coefficient (Wildman–Crippen LogP) is -5.62. The first-order chi connectivity index (χ1) is 44.2. The molecule has 5 rings (SSSR count). The molecular weight excluding hydrogens is 1220 g/mol. The van der Waals surface area contributed by atoms with Gasteiger partial charge in [0.2, 0.25) is 59.1 Å². The smallest absolute Gasteiger partial charge is 0.326 e. The number of phenolic OH excluding ortho intramolecular Hbond substituents is 2. The van der Waals surface area contributed by atoms with Crippen LogP contribution in [0.2, 0.25) is 0 Å². The number of likely N-dealkylation sites (tertiary alicyclic amines) is 3. The van der Waals surface area contributed by atoms with E-state index in [1.165, 1.54) is 60.4 Å². The minimum atomic E-state index is -1.90. The summed E-state index contributed by atoms with van der Waals surface area (Å²) in [6.07, 6.45) is -1.93. The number of nitrogens with two attached hydrogens (primary N) is 4. The number of nitrogens with one attached hydrogen (secondary N) is 7. The van der Waals surface area contributed by atoms with Crippen LogP contribution in [-0.2, 0) is 65.6 Å². The maximum absolute atomic E-state index is 14.9. The van der Waals surface area contributed by atoms with Gasteiger partial charge in [0, 0.05) is 45.3 Å². The van der Waals surface area contributed by atoms with Crippen LogP contribution in [0.4, 0.5) is 0 Å². The predicted molar refractivity (Wildman–Crippen MR) is 333 cm³/mol. The molecule has 0 saturated carbocycles. The number of carbonyl (C=O) groups is 11. The Balaban J connectivity index is 1.33. The quantitative estimate of drug-likeness (QED) is 0.0283. The van der Waals surface area contributed by atoms with Gasteiger partial charge < -0.3 is 111 Å². The summed E-state index contributed by atoms with van der Waals surface area (Å²) < 4.78 is 0. The summed E-state index contributed by atoms with van der Waals surface area (Å²) in [6.45, 7) is 1.63. The monoisotopic (exact) mass is 1310 g/mol. The number of β-amino-alcohol motifs (C(OH)–C–C–N with tert-alkyl or cyclic N) is 2. The summed E-state index contributed by atoms with van der Waals surface area (Å²) in [6, 6.07) is -4.77. The molecule has 3 saturated heterocycles. The zero-order valence-corrected chi connectivity index (χ0v) is 52.5.